The number of nitrogens with one attached hydrogen (secondary N) is 1. The Bertz CT molecular complexity index is 420. The largest absolute Gasteiger partial charge is 0.573 e. The topological polar surface area (TPSA) is 47.6 Å². The molecule has 4 nitrogen and oxygen atoms in total. The quantitative estimate of drug-likeness (QED) is 0.844. The van der Waals surface area contributed by atoms with E-state index in [0.717, 1.165) is 13.2 Å². The van der Waals surface area contributed by atoms with Gasteiger partial charge in [0.25, 0.3) is 0 Å². The Morgan fingerprint density at radius 2 is 1.94 bits per heavy atom. The molecule has 7 heteroatoms. The highest BCUT2D eigenvalue weighted by Crippen LogP contribution is 2.30. The van der Waals surface area contributed by atoms with Crippen LogP contribution in [0.3, 0.4) is 0 Å². The van der Waals surface area contributed by atoms with Gasteiger partial charge in [0, 0.05) is 5.56 Å². The number of hydrogen-bond acceptors (Lipinski definition) is 4. The summed E-state index contributed by atoms with van der Waals surface area (Å²) in [6.07, 6.45) is -4.81. The molecule has 0 saturated carbocycles. The van der Waals surface area contributed by atoms with E-state index in [1.54, 1.807) is 0 Å². The van der Waals surface area contributed by atoms with Crippen molar-refractivity contribution in [1.82, 2.24) is 5.32 Å². The molecular weight excluding hydrogens is 251 g/mol. The number of likely N-dealkylation sites (N-methyl/N-ethyl adjacent to an activating group) is 1. The Hall–Kier alpha value is -1.76. The van der Waals surface area contributed by atoms with Crippen LogP contribution in [0.4, 0.5) is 13.2 Å². The molecule has 100 valence electrons. The summed E-state index contributed by atoms with van der Waals surface area (Å²) in [4.78, 5) is 11.4. The number of ether oxygens (including phenoxy) is 2. The zero-order valence-corrected chi connectivity index (χ0v) is 9.75. The van der Waals surface area contributed by atoms with Crippen molar-refractivity contribution in [3.63, 3.8) is 0 Å². The van der Waals surface area contributed by atoms with Crippen LogP contribution < -0.4 is 10.1 Å². The smallest absolute Gasteiger partial charge is 0.468 e. The SMILES string of the molecule is CNC(C(=O)OC)c1ccccc1OC(F)(F)F. The van der Waals surface area contributed by atoms with Gasteiger partial charge < -0.3 is 14.8 Å². The molecule has 0 aromatic heterocycles. The molecule has 0 spiro atoms. The fourth-order valence-electron chi connectivity index (χ4n) is 1.45. The molecular formula is C11H12F3NO3. The van der Waals surface area contributed by atoms with E-state index in [2.05, 4.69) is 14.8 Å². The molecule has 1 unspecified atom stereocenters. The molecule has 1 atom stereocenters. The van der Waals surface area contributed by atoms with Crippen LogP contribution in [0.25, 0.3) is 0 Å². The summed E-state index contributed by atoms with van der Waals surface area (Å²) >= 11 is 0. The van der Waals surface area contributed by atoms with Gasteiger partial charge in [-0.1, -0.05) is 18.2 Å². The van der Waals surface area contributed by atoms with Gasteiger partial charge in [0.15, 0.2) is 0 Å². The number of carbonyl (C=O) groups excluding carboxylic acids is 1. The third kappa shape index (κ3) is 3.63. The van der Waals surface area contributed by atoms with Crippen molar-refractivity contribution in [3.8, 4) is 5.75 Å². The van der Waals surface area contributed by atoms with Gasteiger partial charge in [-0.15, -0.1) is 13.2 Å². The van der Waals surface area contributed by atoms with E-state index >= 15 is 0 Å². The highest BCUT2D eigenvalue weighted by Gasteiger charge is 2.33. The number of rotatable bonds is 4. The summed E-state index contributed by atoms with van der Waals surface area (Å²) in [5.41, 5.74) is 0.0594. The highest BCUT2D eigenvalue weighted by molar-refractivity contribution is 5.78. The van der Waals surface area contributed by atoms with E-state index in [0.29, 0.717) is 0 Å². The number of esters is 1. The van der Waals surface area contributed by atoms with Crippen molar-refractivity contribution >= 4 is 5.97 Å². The summed E-state index contributed by atoms with van der Waals surface area (Å²) in [6.45, 7) is 0. The molecule has 18 heavy (non-hydrogen) atoms. The van der Waals surface area contributed by atoms with E-state index in [-0.39, 0.29) is 5.56 Å². The summed E-state index contributed by atoms with van der Waals surface area (Å²) in [5, 5.41) is 2.57. The normalized spacial score (nSPS) is 12.9. The summed E-state index contributed by atoms with van der Waals surface area (Å²) in [7, 11) is 2.59. The lowest BCUT2D eigenvalue weighted by molar-refractivity contribution is -0.275. The Balaban J connectivity index is 3.11. The van der Waals surface area contributed by atoms with Gasteiger partial charge in [-0.25, -0.2) is 4.79 Å². The number of alkyl halides is 3. The van der Waals surface area contributed by atoms with Gasteiger partial charge in [-0.05, 0) is 13.1 Å². The summed E-state index contributed by atoms with van der Waals surface area (Å²) in [5.74, 6) is -1.13. The number of para-hydroxylation sites is 1. The Morgan fingerprint density at radius 1 is 1.33 bits per heavy atom. The van der Waals surface area contributed by atoms with Crippen LogP contribution in [0.1, 0.15) is 11.6 Å². The second kappa shape index (κ2) is 5.72. The number of methoxy groups -OCH3 is 1. The number of carbonyl (C=O) groups is 1. The van der Waals surface area contributed by atoms with Crippen molar-refractivity contribution in [2.75, 3.05) is 14.2 Å². The monoisotopic (exact) mass is 263 g/mol. The first-order valence-electron chi connectivity index (χ1n) is 4.99. The first-order chi connectivity index (χ1) is 8.39. The van der Waals surface area contributed by atoms with E-state index in [4.69, 9.17) is 0 Å². The van der Waals surface area contributed by atoms with Gasteiger partial charge >= 0.3 is 12.3 Å². The molecule has 0 amide bonds. The van der Waals surface area contributed by atoms with Crippen LogP contribution in [-0.4, -0.2) is 26.5 Å². The molecule has 0 aliphatic heterocycles. The van der Waals surface area contributed by atoms with E-state index < -0.39 is 24.1 Å². The lowest BCUT2D eigenvalue weighted by Gasteiger charge is -2.18. The fraction of sp³-hybridized carbons (Fsp3) is 0.364. The van der Waals surface area contributed by atoms with E-state index in [1.807, 2.05) is 0 Å². The van der Waals surface area contributed by atoms with Crippen molar-refractivity contribution in [1.29, 1.82) is 0 Å². The highest BCUT2D eigenvalue weighted by atomic mass is 19.4. The van der Waals surface area contributed by atoms with Crippen LogP contribution in [0.5, 0.6) is 5.75 Å². The molecule has 0 aliphatic rings. The minimum Gasteiger partial charge on any atom is -0.468 e. The predicted molar refractivity (Wildman–Crippen MR) is 56.9 cm³/mol. The lowest BCUT2D eigenvalue weighted by Crippen LogP contribution is -2.28. The first-order valence-corrected chi connectivity index (χ1v) is 4.99. The molecule has 0 bridgehead atoms. The van der Waals surface area contributed by atoms with Gasteiger partial charge in [0.05, 0.1) is 7.11 Å². The Labute approximate surface area is 102 Å². The molecule has 1 aromatic carbocycles. The minimum atomic E-state index is -4.81. The maximum atomic E-state index is 12.2. The molecule has 0 aliphatic carbocycles. The zero-order chi connectivity index (χ0) is 13.8. The van der Waals surface area contributed by atoms with Crippen molar-refractivity contribution in [3.05, 3.63) is 29.8 Å². The van der Waals surface area contributed by atoms with Crippen LogP contribution in [0.2, 0.25) is 0 Å². The maximum absolute atomic E-state index is 12.2. The second-order valence-corrected chi connectivity index (χ2v) is 3.33. The third-order valence-corrected chi connectivity index (χ3v) is 2.18. The number of hydrogen-bond donors (Lipinski definition) is 1. The van der Waals surface area contributed by atoms with Crippen LogP contribution >= 0.6 is 0 Å². The Kier molecular flexibility index (Phi) is 4.55. The maximum Gasteiger partial charge on any atom is 0.573 e. The van der Waals surface area contributed by atoms with Crippen LogP contribution in [0, 0.1) is 0 Å². The Morgan fingerprint density at radius 3 is 2.44 bits per heavy atom. The van der Waals surface area contributed by atoms with E-state index in [1.165, 1.54) is 25.2 Å². The minimum absolute atomic E-state index is 0.0594. The number of benzene rings is 1. The van der Waals surface area contributed by atoms with Gasteiger partial charge in [0.1, 0.15) is 11.8 Å². The average Bonchev–Trinajstić information content (AvgIpc) is 2.30. The fourth-order valence-corrected chi connectivity index (χ4v) is 1.45. The molecule has 0 heterocycles. The number of halogens is 3. The molecule has 1 rings (SSSR count). The molecule has 0 fully saturated rings. The van der Waals surface area contributed by atoms with Gasteiger partial charge in [0.2, 0.25) is 0 Å². The first kappa shape index (κ1) is 14.3. The van der Waals surface area contributed by atoms with Crippen molar-refractivity contribution in [2.24, 2.45) is 0 Å². The molecule has 1 aromatic rings. The predicted octanol–water partition coefficient (Wildman–Crippen LogP) is 2.02. The molecule has 0 saturated heterocycles. The second-order valence-electron chi connectivity index (χ2n) is 3.33. The van der Waals surface area contributed by atoms with Crippen LogP contribution in [0.15, 0.2) is 24.3 Å². The standard InChI is InChI=1S/C11H12F3NO3/c1-15-9(10(16)17-2)7-5-3-4-6-8(7)18-11(12,13)14/h3-6,9,15H,1-2H3. The summed E-state index contributed by atoms with van der Waals surface area (Å²) < 4.78 is 45.0. The molecule has 1 N–H and O–H groups in total. The van der Waals surface area contributed by atoms with Crippen molar-refractivity contribution < 1.29 is 27.4 Å². The third-order valence-electron chi connectivity index (χ3n) is 2.18. The average molecular weight is 263 g/mol. The zero-order valence-electron chi connectivity index (χ0n) is 9.75. The van der Waals surface area contributed by atoms with Gasteiger partial charge in [-0.2, -0.15) is 0 Å². The van der Waals surface area contributed by atoms with E-state index in [9.17, 15) is 18.0 Å². The summed E-state index contributed by atoms with van der Waals surface area (Å²) in [6, 6.07) is 4.36. The lowest BCUT2D eigenvalue weighted by atomic mass is 10.1. The van der Waals surface area contributed by atoms with Gasteiger partial charge in [-0.3, -0.25) is 0 Å². The van der Waals surface area contributed by atoms with Crippen LogP contribution in [-0.2, 0) is 9.53 Å². The van der Waals surface area contributed by atoms with Crippen molar-refractivity contribution in [2.45, 2.75) is 12.4 Å². The molecule has 0 radical (unpaired) electrons.